The quantitative estimate of drug-likeness (QED) is 0.452. The Morgan fingerprint density at radius 2 is 2.27 bits per heavy atom. The van der Waals surface area contributed by atoms with Gasteiger partial charge in [-0.05, 0) is 12.1 Å². The highest BCUT2D eigenvalue weighted by atomic mass is 19.1. The molecular weight excluding hydrogens is 209 g/mol. The van der Waals surface area contributed by atoms with Crippen LogP contribution in [-0.4, -0.2) is 12.2 Å². The maximum absolute atomic E-state index is 13.1. The van der Waals surface area contributed by atoms with E-state index in [1.54, 1.807) is 0 Å². The summed E-state index contributed by atoms with van der Waals surface area (Å²) < 4.78 is 17.8. The lowest BCUT2D eigenvalue weighted by Gasteiger charge is -2.17. The van der Waals surface area contributed by atoms with Gasteiger partial charge in [-0.2, -0.15) is 4.94 Å². The predicted molar refractivity (Wildman–Crippen MR) is 47.7 cm³/mol. The smallest absolute Gasteiger partial charge is 0.318 e. The first-order chi connectivity index (χ1) is 7.06. The highest BCUT2D eigenvalue weighted by Crippen LogP contribution is 2.29. The third kappa shape index (κ3) is 2.44. The van der Waals surface area contributed by atoms with E-state index in [4.69, 9.17) is 5.84 Å². The molecule has 0 aliphatic heterocycles. The van der Waals surface area contributed by atoms with E-state index in [2.05, 4.69) is 9.68 Å². The minimum Gasteiger partial charge on any atom is -0.491 e. The molecule has 82 valence electrons. The number of benzene rings is 1. The van der Waals surface area contributed by atoms with E-state index in [0.717, 1.165) is 6.07 Å². The molecule has 7 nitrogen and oxygen atoms in total. The first kappa shape index (κ1) is 11.0. The van der Waals surface area contributed by atoms with Crippen molar-refractivity contribution in [3.8, 4) is 5.75 Å². The zero-order valence-corrected chi connectivity index (χ0v) is 7.71. The predicted octanol–water partition coefficient (Wildman–Crippen LogP) is 0.638. The summed E-state index contributed by atoms with van der Waals surface area (Å²) in [6.07, 6.45) is 0. The normalized spacial score (nSPS) is 9.53. The molecule has 0 saturated heterocycles. The molecule has 0 aliphatic rings. The van der Waals surface area contributed by atoms with Crippen LogP contribution >= 0.6 is 0 Å². The van der Waals surface area contributed by atoms with Crippen LogP contribution in [0.3, 0.4) is 0 Å². The van der Waals surface area contributed by atoms with Crippen LogP contribution in [0.1, 0.15) is 0 Å². The number of anilines is 1. The molecule has 1 aromatic rings. The summed E-state index contributed by atoms with van der Waals surface area (Å²) in [5, 5.41) is 9.18. The van der Waals surface area contributed by atoms with Gasteiger partial charge in [0, 0.05) is 0 Å². The zero-order valence-electron chi connectivity index (χ0n) is 7.71. The standard InChI is InChI=1S/C7H8FN3O4/c1-14-7-5(8)3-2-4-6(7)10(9)15-11(12)13/h2-4H,9H2,1H3. The van der Waals surface area contributed by atoms with Crippen LogP contribution < -0.4 is 15.8 Å². The van der Waals surface area contributed by atoms with Gasteiger partial charge < -0.3 is 4.74 Å². The monoisotopic (exact) mass is 217 g/mol. The summed E-state index contributed by atoms with van der Waals surface area (Å²) in [4.78, 5) is 13.9. The number of hydrazine groups is 1. The molecule has 2 N–H and O–H groups in total. The molecule has 15 heavy (non-hydrogen) atoms. The molecule has 1 aromatic carbocycles. The molecule has 0 unspecified atom stereocenters. The Labute approximate surface area is 83.8 Å². The summed E-state index contributed by atoms with van der Waals surface area (Å²) in [5.41, 5.74) is -0.0887. The average molecular weight is 217 g/mol. The van der Waals surface area contributed by atoms with Crippen LogP contribution in [0.2, 0.25) is 0 Å². The van der Waals surface area contributed by atoms with Gasteiger partial charge in [-0.25, -0.2) is 10.2 Å². The van der Waals surface area contributed by atoms with Gasteiger partial charge in [-0.15, -0.1) is 15.3 Å². The van der Waals surface area contributed by atoms with Gasteiger partial charge in [0.05, 0.1) is 7.11 Å². The van der Waals surface area contributed by atoms with Crippen molar-refractivity contribution >= 4 is 5.69 Å². The van der Waals surface area contributed by atoms with E-state index in [9.17, 15) is 14.5 Å². The van der Waals surface area contributed by atoms with Gasteiger partial charge in [-0.1, -0.05) is 6.07 Å². The molecule has 0 heterocycles. The van der Waals surface area contributed by atoms with Crippen LogP contribution in [0.4, 0.5) is 10.1 Å². The van der Waals surface area contributed by atoms with E-state index in [0.29, 0.717) is 5.17 Å². The first-order valence-electron chi connectivity index (χ1n) is 3.76. The number of methoxy groups -OCH3 is 1. The van der Waals surface area contributed by atoms with E-state index >= 15 is 0 Å². The first-order valence-corrected chi connectivity index (χ1v) is 3.76. The number of halogens is 1. The highest BCUT2D eigenvalue weighted by Gasteiger charge is 2.15. The molecule has 0 aromatic heterocycles. The van der Waals surface area contributed by atoms with Crippen LogP contribution in [-0.2, 0) is 4.94 Å². The van der Waals surface area contributed by atoms with E-state index in [-0.39, 0.29) is 11.4 Å². The topological polar surface area (TPSA) is 90.9 Å². The van der Waals surface area contributed by atoms with Gasteiger partial charge >= 0.3 is 5.09 Å². The maximum atomic E-state index is 13.1. The average Bonchev–Trinajstić information content (AvgIpc) is 2.16. The largest absolute Gasteiger partial charge is 0.491 e. The van der Waals surface area contributed by atoms with Crippen LogP contribution in [0, 0.1) is 15.9 Å². The second kappa shape index (κ2) is 4.42. The number of hydrogen-bond donors (Lipinski definition) is 1. The zero-order chi connectivity index (χ0) is 11.4. The number of hydrogen-bond acceptors (Lipinski definition) is 6. The fourth-order valence-electron chi connectivity index (χ4n) is 0.989. The highest BCUT2D eigenvalue weighted by molar-refractivity contribution is 5.56. The SMILES string of the molecule is COc1c(F)cccc1N(N)O[N+](=O)[O-]. The fourth-order valence-corrected chi connectivity index (χ4v) is 0.989. The lowest BCUT2D eigenvalue weighted by atomic mass is 10.3. The Kier molecular flexibility index (Phi) is 3.24. The van der Waals surface area contributed by atoms with Crippen LogP contribution in [0.15, 0.2) is 18.2 Å². The van der Waals surface area contributed by atoms with Crippen molar-refractivity contribution in [2.75, 3.05) is 12.3 Å². The molecule has 0 fully saturated rings. The molecule has 0 saturated carbocycles. The molecule has 0 spiro atoms. The second-order valence-corrected chi connectivity index (χ2v) is 2.42. The Balaban J connectivity index is 3.02. The summed E-state index contributed by atoms with van der Waals surface area (Å²) in [7, 11) is 1.21. The molecule has 1 rings (SSSR count). The van der Waals surface area contributed by atoms with Crippen molar-refractivity contribution in [3.63, 3.8) is 0 Å². The molecule has 0 bridgehead atoms. The van der Waals surface area contributed by atoms with E-state index in [1.165, 1.54) is 19.2 Å². The van der Waals surface area contributed by atoms with Gasteiger partial charge in [0.25, 0.3) is 0 Å². The number of nitrogens with zero attached hydrogens (tertiary/aromatic N) is 2. The van der Waals surface area contributed by atoms with Crippen molar-refractivity contribution in [1.82, 2.24) is 0 Å². The molecular formula is C7H8FN3O4. The third-order valence-electron chi connectivity index (χ3n) is 1.54. The Bertz CT molecular complexity index is 373. The van der Waals surface area contributed by atoms with Crippen molar-refractivity contribution in [2.24, 2.45) is 5.84 Å². The molecule has 0 amide bonds. The number of ether oxygens (including phenoxy) is 1. The minimum atomic E-state index is -1.12. The Morgan fingerprint density at radius 3 is 2.80 bits per heavy atom. The number of para-hydroxylation sites is 1. The summed E-state index contributed by atoms with van der Waals surface area (Å²) in [5.74, 6) is 4.23. The summed E-state index contributed by atoms with van der Waals surface area (Å²) >= 11 is 0. The molecule has 8 heteroatoms. The van der Waals surface area contributed by atoms with Gasteiger partial charge in [0.1, 0.15) is 5.69 Å². The number of rotatable bonds is 4. The second-order valence-electron chi connectivity index (χ2n) is 2.42. The van der Waals surface area contributed by atoms with E-state index in [1.807, 2.05) is 0 Å². The van der Waals surface area contributed by atoms with Crippen molar-refractivity contribution in [3.05, 3.63) is 34.1 Å². The lowest BCUT2D eigenvalue weighted by molar-refractivity contribution is -0.762. The van der Waals surface area contributed by atoms with Gasteiger partial charge in [-0.3, -0.25) is 0 Å². The van der Waals surface area contributed by atoms with Crippen molar-refractivity contribution in [1.29, 1.82) is 0 Å². The summed E-state index contributed by atoms with van der Waals surface area (Å²) in [6, 6.07) is 3.75. The van der Waals surface area contributed by atoms with Crippen LogP contribution in [0.5, 0.6) is 5.75 Å². The Morgan fingerprint density at radius 1 is 1.60 bits per heavy atom. The Hall–Kier alpha value is -2.09. The van der Waals surface area contributed by atoms with Crippen molar-refractivity contribution in [2.45, 2.75) is 0 Å². The third-order valence-corrected chi connectivity index (χ3v) is 1.54. The molecule has 0 radical (unpaired) electrons. The fraction of sp³-hybridized carbons (Fsp3) is 0.143. The number of nitrogens with two attached hydrogens (primary N) is 1. The van der Waals surface area contributed by atoms with Crippen molar-refractivity contribution < 1.29 is 19.2 Å². The lowest BCUT2D eigenvalue weighted by Crippen LogP contribution is -2.33. The minimum absolute atomic E-state index is 0.0887. The van der Waals surface area contributed by atoms with Crippen LogP contribution in [0.25, 0.3) is 0 Å². The molecule has 0 atom stereocenters. The molecule has 0 aliphatic carbocycles. The van der Waals surface area contributed by atoms with E-state index < -0.39 is 10.9 Å². The maximum Gasteiger partial charge on any atom is 0.318 e. The summed E-state index contributed by atoms with van der Waals surface area (Å²) in [6.45, 7) is 0. The van der Waals surface area contributed by atoms with Gasteiger partial charge in [0.15, 0.2) is 11.6 Å². The van der Waals surface area contributed by atoms with Gasteiger partial charge in [0.2, 0.25) is 0 Å².